The van der Waals surface area contributed by atoms with Crippen molar-refractivity contribution < 1.29 is 13.2 Å². The van der Waals surface area contributed by atoms with E-state index < -0.39 is 11.7 Å². The molecule has 0 atom stereocenters. The molecule has 19 heavy (non-hydrogen) atoms. The highest BCUT2D eigenvalue weighted by molar-refractivity contribution is 5.39. The molecular formula is C14H19F3N2. The van der Waals surface area contributed by atoms with Crippen LogP contribution in [0, 0.1) is 5.92 Å². The fourth-order valence-electron chi connectivity index (χ4n) is 2.61. The second kappa shape index (κ2) is 5.80. The lowest BCUT2D eigenvalue weighted by molar-refractivity contribution is -0.137. The van der Waals surface area contributed by atoms with Crippen LogP contribution in [0.2, 0.25) is 0 Å². The summed E-state index contributed by atoms with van der Waals surface area (Å²) < 4.78 is 37.8. The molecule has 0 unspecified atom stereocenters. The van der Waals surface area contributed by atoms with Crippen LogP contribution in [0.5, 0.6) is 0 Å². The van der Waals surface area contributed by atoms with E-state index in [1.54, 1.807) is 0 Å². The zero-order chi connectivity index (χ0) is 13.9. The van der Waals surface area contributed by atoms with E-state index in [1.165, 1.54) is 12.6 Å². The molecule has 0 radical (unpaired) electrons. The molecular weight excluding hydrogens is 253 g/mol. The summed E-state index contributed by atoms with van der Waals surface area (Å²) in [6, 6.07) is 2.34. The van der Waals surface area contributed by atoms with Crippen molar-refractivity contribution >= 4 is 5.82 Å². The summed E-state index contributed by atoms with van der Waals surface area (Å²) in [5, 5.41) is 3.13. The summed E-state index contributed by atoms with van der Waals surface area (Å²) >= 11 is 0. The summed E-state index contributed by atoms with van der Waals surface area (Å²) in [6.07, 6.45) is 2.41. The molecule has 1 aromatic heterocycles. The van der Waals surface area contributed by atoms with Gasteiger partial charge in [-0.2, -0.15) is 13.2 Å². The summed E-state index contributed by atoms with van der Waals surface area (Å²) in [4.78, 5) is 3.98. The number of halogens is 3. The van der Waals surface area contributed by atoms with E-state index in [9.17, 15) is 13.2 Å². The summed E-state index contributed by atoms with van der Waals surface area (Å²) in [7, 11) is 0. The first-order chi connectivity index (χ1) is 8.99. The van der Waals surface area contributed by atoms with Gasteiger partial charge in [-0.15, -0.1) is 0 Å². The fourth-order valence-corrected chi connectivity index (χ4v) is 2.61. The molecule has 1 aromatic rings. The Morgan fingerprint density at radius 2 is 1.95 bits per heavy atom. The SMILES string of the molecule is CCC1CCC(Nc2cc(C(F)(F)F)ccn2)CC1. The fraction of sp³-hybridized carbons (Fsp3) is 0.643. The third kappa shape index (κ3) is 3.85. The molecule has 2 rings (SSSR count). The van der Waals surface area contributed by atoms with Gasteiger partial charge in [-0.05, 0) is 43.7 Å². The van der Waals surface area contributed by atoms with Crippen LogP contribution in [0.25, 0.3) is 0 Å². The largest absolute Gasteiger partial charge is 0.416 e. The molecule has 0 spiro atoms. The monoisotopic (exact) mass is 272 g/mol. The summed E-state index contributed by atoms with van der Waals surface area (Å²) in [5.74, 6) is 1.10. The molecule has 1 N–H and O–H groups in total. The quantitative estimate of drug-likeness (QED) is 0.877. The minimum Gasteiger partial charge on any atom is -0.367 e. The van der Waals surface area contributed by atoms with Gasteiger partial charge in [0.05, 0.1) is 5.56 Å². The predicted octanol–water partition coefficient (Wildman–Crippen LogP) is 4.48. The Balaban J connectivity index is 1.97. The average molecular weight is 272 g/mol. The topological polar surface area (TPSA) is 24.9 Å². The van der Waals surface area contributed by atoms with Gasteiger partial charge < -0.3 is 5.32 Å². The summed E-state index contributed by atoms with van der Waals surface area (Å²) in [5.41, 5.74) is -0.646. The maximum absolute atomic E-state index is 12.6. The first kappa shape index (κ1) is 14.2. The lowest BCUT2D eigenvalue weighted by Crippen LogP contribution is -2.26. The van der Waals surface area contributed by atoms with Gasteiger partial charge in [0.1, 0.15) is 5.82 Å². The molecule has 1 saturated carbocycles. The lowest BCUT2D eigenvalue weighted by atomic mass is 9.84. The highest BCUT2D eigenvalue weighted by atomic mass is 19.4. The normalized spacial score (nSPS) is 24.2. The first-order valence-electron chi connectivity index (χ1n) is 6.79. The Morgan fingerprint density at radius 3 is 2.53 bits per heavy atom. The molecule has 5 heteroatoms. The maximum atomic E-state index is 12.6. The standard InChI is InChI=1S/C14H19F3N2/c1-2-10-3-5-12(6-4-10)19-13-9-11(7-8-18-13)14(15,16)17/h7-10,12H,2-6H2,1H3,(H,18,19). The molecule has 0 aliphatic heterocycles. The van der Waals surface area contributed by atoms with E-state index >= 15 is 0 Å². The highest BCUT2D eigenvalue weighted by Crippen LogP contribution is 2.31. The van der Waals surface area contributed by atoms with Crippen LogP contribution in [-0.4, -0.2) is 11.0 Å². The number of pyridine rings is 1. The second-order valence-electron chi connectivity index (χ2n) is 5.20. The van der Waals surface area contributed by atoms with Crippen molar-refractivity contribution in [3.05, 3.63) is 23.9 Å². The van der Waals surface area contributed by atoms with Gasteiger partial charge in [0, 0.05) is 12.2 Å². The van der Waals surface area contributed by atoms with Crippen LogP contribution in [-0.2, 0) is 6.18 Å². The average Bonchev–Trinajstić information content (AvgIpc) is 2.39. The zero-order valence-corrected chi connectivity index (χ0v) is 11.0. The van der Waals surface area contributed by atoms with Crippen LogP contribution >= 0.6 is 0 Å². The van der Waals surface area contributed by atoms with Gasteiger partial charge in [0.2, 0.25) is 0 Å². The number of aromatic nitrogens is 1. The molecule has 1 aliphatic carbocycles. The molecule has 0 saturated heterocycles. The molecule has 106 valence electrons. The molecule has 0 amide bonds. The third-order valence-corrected chi connectivity index (χ3v) is 3.86. The molecule has 1 heterocycles. The van der Waals surface area contributed by atoms with E-state index in [-0.39, 0.29) is 6.04 Å². The number of hydrogen-bond acceptors (Lipinski definition) is 2. The van der Waals surface area contributed by atoms with Crippen LogP contribution in [0.3, 0.4) is 0 Å². The van der Waals surface area contributed by atoms with Crippen LogP contribution in [0.4, 0.5) is 19.0 Å². The van der Waals surface area contributed by atoms with E-state index in [0.29, 0.717) is 5.82 Å². The van der Waals surface area contributed by atoms with Gasteiger partial charge in [0.25, 0.3) is 0 Å². The van der Waals surface area contributed by atoms with Crippen molar-refractivity contribution in [3.63, 3.8) is 0 Å². The van der Waals surface area contributed by atoms with Gasteiger partial charge in [-0.1, -0.05) is 13.3 Å². The molecule has 1 fully saturated rings. The Hall–Kier alpha value is -1.26. The van der Waals surface area contributed by atoms with Crippen molar-refractivity contribution in [1.82, 2.24) is 4.98 Å². The zero-order valence-electron chi connectivity index (χ0n) is 11.0. The lowest BCUT2D eigenvalue weighted by Gasteiger charge is -2.28. The number of rotatable bonds is 3. The maximum Gasteiger partial charge on any atom is 0.416 e. The van der Waals surface area contributed by atoms with Gasteiger partial charge in [0.15, 0.2) is 0 Å². The van der Waals surface area contributed by atoms with E-state index in [2.05, 4.69) is 17.2 Å². The number of alkyl halides is 3. The minimum atomic E-state index is -4.31. The molecule has 1 aliphatic rings. The first-order valence-corrected chi connectivity index (χ1v) is 6.79. The number of hydrogen-bond donors (Lipinski definition) is 1. The van der Waals surface area contributed by atoms with Crippen molar-refractivity contribution in [2.75, 3.05) is 5.32 Å². The van der Waals surface area contributed by atoms with Crippen molar-refractivity contribution in [2.45, 2.75) is 51.2 Å². The molecule has 0 bridgehead atoms. The highest BCUT2D eigenvalue weighted by Gasteiger charge is 2.31. The van der Waals surface area contributed by atoms with Crippen LogP contribution in [0.15, 0.2) is 18.3 Å². The molecule has 2 nitrogen and oxygen atoms in total. The van der Waals surface area contributed by atoms with Crippen molar-refractivity contribution in [2.24, 2.45) is 5.92 Å². The third-order valence-electron chi connectivity index (χ3n) is 3.86. The Morgan fingerprint density at radius 1 is 1.26 bits per heavy atom. The summed E-state index contributed by atoms with van der Waals surface area (Å²) in [6.45, 7) is 2.19. The smallest absolute Gasteiger partial charge is 0.367 e. The second-order valence-corrected chi connectivity index (χ2v) is 5.20. The van der Waals surface area contributed by atoms with E-state index in [0.717, 1.165) is 43.7 Å². The van der Waals surface area contributed by atoms with Gasteiger partial charge in [-0.25, -0.2) is 4.98 Å². The van der Waals surface area contributed by atoms with E-state index in [4.69, 9.17) is 0 Å². The van der Waals surface area contributed by atoms with Crippen molar-refractivity contribution in [3.8, 4) is 0 Å². The Labute approximate surface area is 111 Å². The van der Waals surface area contributed by atoms with Gasteiger partial charge >= 0.3 is 6.18 Å². The number of anilines is 1. The van der Waals surface area contributed by atoms with Gasteiger partial charge in [-0.3, -0.25) is 0 Å². The Bertz CT molecular complexity index is 409. The Kier molecular flexibility index (Phi) is 4.32. The van der Waals surface area contributed by atoms with Crippen molar-refractivity contribution in [1.29, 1.82) is 0 Å². The van der Waals surface area contributed by atoms with E-state index in [1.807, 2.05) is 0 Å². The van der Waals surface area contributed by atoms with Crippen LogP contribution in [0.1, 0.15) is 44.6 Å². The number of nitrogens with one attached hydrogen (secondary N) is 1. The predicted molar refractivity (Wildman–Crippen MR) is 68.9 cm³/mol. The number of nitrogens with zero attached hydrogens (tertiary/aromatic N) is 1. The minimum absolute atomic E-state index is 0.249. The molecule has 0 aromatic carbocycles. The van der Waals surface area contributed by atoms with Crippen LogP contribution < -0.4 is 5.32 Å².